The van der Waals surface area contributed by atoms with Gasteiger partial charge in [-0.15, -0.1) is 5.06 Å². The smallest absolute Gasteiger partial charge is 0.326 e. The first-order valence-corrected chi connectivity index (χ1v) is 5.61. The highest BCUT2D eigenvalue weighted by Crippen LogP contribution is 2.10. The van der Waals surface area contributed by atoms with Gasteiger partial charge in [0.15, 0.2) is 0 Å². The Morgan fingerprint density at radius 3 is 2.39 bits per heavy atom. The molecule has 1 aromatic carbocycles. The molecule has 0 aromatic heterocycles. The van der Waals surface area contributed by atoms with Crippen LogP contribution in [0.3, 0.4) is 0 Å². The molecule has 1 atom stereocenters. The number of hydrogen-bond acceptors (Lipinski definition) is 5. The number of benzene rings is 1. The van der Waals surface area contributed by atoms with Gasteiger partial charge in [0.05, 0.1) is 13.7 Å². The number of esters is 1. The van der Waals surface area contributed by atoms with Crippen molar-refractivity contribution >= 4 is 11.9 Å². The van der Waals surface area contributed by atoms with Crippen LogP contribution in [-0.4, -0.2) is 30.2 Å². The van der Waals surface area contributed by atoms with Gasteiger partial charge in [-0.1, -0.05) is 30.3 Å². The molecule has 0 amide bonds. The third kappa shape index (κ3) is 4.18. The molecular formula is C13H17NO4. The normalized spacial score (nSPS) is 12.0. The SMILES string of the molecule is COC(=O)[C@H](C)N(Cc1ccccc1)OC(C)=O. The van der Waals surface area contributed by atoms with Crippen LogP contribution in [0.5, 0.6) is 0 Å². The molecule has 18 heavy (non-hydrogen) atoms. The Hall–Kier alpha value is -1.88. The van der Waals surface area contributed by atoms with Crippen molar-refractivity contribution < 1.29 is 19.2 Å². The summed E-state index contributed by atoms with van der Waals surface area (Å²) in [5, 5.41) is 1.31. The summed E-state index contributed by atoms with van der Waals surface area (Å²) in [7, 11) is 1.30. The lowest BCUT2D eigenvalue weighted by Gasteiger charge is -2.25. The van der Waals surface area contributed by atoms with Crippen molar-refractivity contribution in [2.24, 2.45) is 0 Å². The van der Waals surface area contributed by atoms with Gasteiger partial charge in [0, 0.05) is 6.92 Å². The molecule has 1 aromatic rings. The van der Waals surface area contributed by atoms with Crippen LogP contribution >= 0.6 is 0 Å². The summed E-state index contributed by atoms with van der Waals surface area (Å²) in [6.07, 6.45) is 0. The van der Waals surface area contributed by atoms with E-state index in [1.807, 2.05) is 30.3 Å². The molecule has 0 saturated carbocycles. The lowest BCUT2D eigenvalue weighted by atomic mass is 10.2. The van der Waals surface area contributed by atoms with E-state index in [0.717, 1.165) is 5.56 Å². The van der Waals surface area contributed by atoms with Gasteiger partial charge in [-0.25, -0.2) is 0 Å². The maximum atomic E-state index is 11.5. The summed E-state index contributed by atoms with van der Waals surface area (Å²) >= 11 is 0. The van der Waals surface area contributed by atoms with Crippen molar-refractivity contribution in [3.05, 3.63) is 35.9 Å². The summed E-state index contributed by atoms with van der Waals surface area (Å²) < 4.78 is 4.64. The second-order valence-corrected chi connectivity index (χ2v) is 3.84. The Morgan fingerprint density at radius 1 is 1.28 bits per heavy atom. The molecule has 5 heteroatoms. The summed E-state index contributed by atoms with van der Waals surface area (Å²) in [5.74, 6) is -0.922. The van der Waals surface area contributed by atoms with E-state index in [0.29, 0.717) is 6.54 Å². The molecule has 0 saturated heterocycles. The Kier molecular flexibility index (Phi) is 5.32. The van der Waals surface area contributed by atoms with Crippen molar-refractivity contribution in [3.8, 4) is 0 Å². The highest BCUT2D eigenvalue weighted by atomic mass is 16.7. The van der Waals surface area contributed by atoms with Crippen molar-refractivity contribution in [1.82, 2.24) is 5.06 Å². The fourth-order valence-electron chi connectivity index (χ4n) is 1.46. The van der Waals surface area contributed by atoms with Crippen molar-refractivity contribution in [2.45, 2.75) is 26.4 Å². The third-order valence-electron chi connectivity index (χ3n) is 2.40. The summed E-state index contributed by atoms with van der Waals surface area (Å²) in [5.41, 5.74) is 0.939. The van der Waals surface area contributed by atoms with Crippen molar-refractivity contribution in [1.29, 1.82) is 0 Å². The van der Waals surface area contributed by atoms with Gasteiger partial charge < -0.3 is 9.57 Å². The highest BCUT2D eigenvalue weighted by molar-refractivity contribution is 5.75. The van der Waals surface area contributed by atoms with E-state index in [9.17, 15) is 9.59 Å². The fraction of sp³-hybridized carbons (Fsp3) is 0.385. The first kappa shape index (κ1) is 14.2. The molecule has 5 nitrogen and oxygen atoms in total. The van der Waals surface area contributed by atoms with Gasteiger partial charge in [0.25, 0.3) is 0 Å². The molecule has 0 aliphatic heterocycles. The first-order chi connectivity index (χ1) is 8.54. The Morgan fingerprint density at radius 2 is 1.89 bits per heavy atom. The Bertz CT molecular complexity index is 405. The second kappa shape index (κ2) is 6.76. The predicted octanol–water partition coefficient (Wildman–Crippen LogP) is 1.53. The van der Waals surface area contributed by atoms with E-state index in [1.54, 1.807) is 6.92 Å². The van der Waals surface area contributed by atoms with Crippen molar-refractivity contribution in [2.75, 3.05) is 7.11 Å². The minimum atomic E-state index is -0.654. The van der Waals surface area contributed by atoms with E-state index in [2.05, 4.69) is 4.74 Å². The first-order valence-electron chi connectivity index (χ1n) is 5.61. The molecule has 98 valence electrons. The highest BCUT2D eigenvalue weighted by Gasteiger charge is 2.24. The zero-order valence-electron chi connectivity index (χ0n) is 10.8. The number of ether oxygens (including phenoxy) is 1. The molecule has 0 fully saturated rings. The largest absolute Gasteiger partial charge is 0.468 e. The van der Waals surface area contributed by atoms with E-state index in [-0.39, 0.29) is 0 Å². The Balaban J connectivity index is 2.78. The molecule has 0 N–H and O–H groups in total. The molecule has 0 unspecified atom stereocenters. The van der Waals surface area contributed by atoms with Crippen LogP contribution < -0.4 is 0 Å². The van der Waals surface area contributed by atoms with Gasteiger partial charge in [0.2, 0.25) is 0 Å². The standard InChI is InChI=1S/C13H17NO4/c1-10(13(16)17-3)14(18-11(2)15)9-12-7-5-4-6-8-12/h4-8,10H,9H2,1-3H3/t10-/m0/s1. The van der Waals surface area contributed by atoms with Crippen LogP contribution in [-0.2, 0) is 25.7 Å². The van der Waals surface area contributed by atoms with E-state index in [4.69, 9.17) is 4.84 Å². The number of methoxy groups -OCH3 is 1. The molecule has 0 aliphatic carbocycles. The van der Waals surface area contributed by atoms with E-state index in [1.165, 1.54) is 19.1 Å². The number of hydrogen-bond donors (Lipinski definition) is 0. The zero-order chi connectivity index (χ0) is 13.5. The van der Waals surface area contributed by atoms with Crippen molar-refractivity contribution in [3.63, 3.8) is 0 Å². The Labute approximate surface area is 106 Å². The molecule has 1 rings (SSSR count). The van der Waals surface area contributed by atoms with Crippen LogP contribution in [0.25, 0.3) is 0 Å². The number of hydroxylamine groups is 2. The molecule has 0 heterocycles. The summed E-state index contributed by atoms with van der Waals surface area (Å²) in [6, 6.07) is 8.78. The minimum Gasteiger partial charge on any atom is -0.468 e. The van der Waals surface area contributed by atoms with Gasteiger partial charge in [-0.3, -0.25) is 9.59 Å². The van der Waals surface area contributed by atoms with Crippen LogP contribution in [0.1, 0.15) is 19.4 Å². The minimum absolute atomic E-state index is 0.330. The number of nitrogens with zero attached hydrogens (tertiary/aromatic N) is 1. The van der Waals surface area contributed by atoms with E-state index >= 15 is 0 Å². The zero-order valence-corrected chi connectivity index (χ0v) is 10.8. The molecule has 0 spiro atoms. The van der Waals surface area contributed by atoms with Gasteiger partial charge in [-0.05, 0) is 12.5 Å². The van der Waals surface area contributed by atoms with Crippen LogP contribution in [0.4, 0.5) is 0 Å². The second-order valence-electron chi connectivity index (χ2n) is 3.84. The molecule has 0 bridgehead atoms. The molecule has 0 radical (unpaired) electrons. The average molecular weight is 251 g/mol. The molecule has 0 aliphatic rings. The van der Waals surface area contributed by atoms with Crippen LogP contribution in [0.2, 0.25) is 0 Å². The van der Waals surface area contributed by atoms with E-state index < -0.39 is 18.0 Å². The maximum Gasteiger partial charge on any atom is 0.326 e. The third-order valence-corrected chi connectivity index (χ3v) is 2.40. The van der Waals surface area contributed by atoms with Gasteiger partial charge in [0.1, 0.15) is 6.04 Å². The quantitative estimate of drug-likeness (QED) is 0.586. The van der Waals surface area contributed by atoms with Gasteiger partial charge in [-0.2, -0.15) is 0 Å². The van der Waals surface area contributed by atoms with Gasteiger partial charge >= 0.3 is 11.9 Å². The molecular weight excluding hydrogens is 234 g/mol. The fourth-order valence-corrected chi connectivity index (χ4v) is 1.46. The topological polar surface area (TPSA) is 55.8 Å². The lowest BCUT2D eigenvalue weighted by molar-refractivity contribution is -0.207. The predicted molar refractivity (Wildman–Crippen MR) is 65.2 cm³/mol. The monoisotopic (exact) mass is 251 g/mol. The number of carbonyl (C=O) groups is 2. The van der Waals surface area contributed by atoms with Crippen LogP contribution in [0.15, 0.2) is 30.3 Å². The summed E-state index contributed by atoms with van der Waals surface area (Å²) in [4.78, 5) is 27.5. The average Bonchev–Trinajstić information content (AvgIpc) is 2.37. The summed E-state index contributed by atoms with van der Waals surface area (Å²) in [6.45, 7) is 3.25. The lowest BCUT2D eigenvalue weighted by Crippen LogP contribution is -2.40. The number of carbonyl (C=O) groups excluding carboxylic acids is 2. The number of rotatable bonds is 5. The van der Waals surface area contributed by atoms with Crippen LogP contribution in [0, 0.1) is 0 Å². The maximum absolute atomic E-state index is 11.5.